The van der Waals surface area contributed by atoms with Crippen molar-refractivity contribution < 1.29 is 4.39 Å². The molecule has 0 radical (unpaired) electrons. The van der Waals surface area contributed by atoms with Gasteiger partial charge in [0.15, 0.2) is 11.2 Å². The van der Waals surface area contributed by atoms with Crippen LogP contribution in [0.15, 0.2) is 53.6 Å². The van der Waals surface area contributed by atoms with E-state index in [1.54, 1.807) is 48.0 Å². The summed E-state index contributed by atoms with van der Waals surface area (Å²) in [6.45, 7) is 0. The maximum absolute atomic E-state index is 14.3. The Morgan fingerprint density at radius 3 is 2.48 bits per heavy atom. The highest BCUT2D eigenvalue weighted by molar-refractivity contribution is 6.30. The lowest BCUT2D eigenvalue weighted by atomic mass is 10.1. The number of benzene rings is 2. The lowest BCUT2D eigenvalue weighted by molar-refractivity contribution is 0.610. The van der Waals surface area contributed by atoms with Gasteiger partial charge in [0.25, 0.3) is 5.56 Å². The standard InChI is InChI=1S/C19H13Cl2FN4O/c1-25-10-23-17-18(25)24-16(8-11-2-3-13(21)9-15(11)22)26(19(17)27)14-6-4-12(20)5-7-14/h2-7,9-10H,8H2,1H3. The number of nitrogens with zero attached hydrogens (tertiary/aromatic N) is 4. The van der Waals surface area contributed by atoms with Crippen LogP contribution in [0.4, 0.5) is 4.39 Å². The zero-order chi connectivity index (χ0) is 19.1. The van der Waals surface area contributed by atoms with Crippen molar-refractivity contribution in [1.29, 1.82) is 0 Å². The van der Waals surface area contributed by atoms with Crippen LogP contribution in [-0.4, -0.2) is 19.1 Å². The summed E-state index contributed by atoms with van der Waals surface area (Å²) >= 11 is 11.8. The Morgan fingerprint density at radius 2 is 1.78 bits per heavy atom. The second-order valence-electron chi connectivity index (χ2n) is 6.09. The third-order valence-corrected chi connectivity index (χ3v) is 4.74. The Bertz CT molecular complexity index is 1220. The number of hydrogen-bond acceptors (Lipinski definition) is 3. The van der Waals surface area contributed by atoms with Crippen molar-refractivity contribution in [2.45, 2.75) is 6.42 Å². The number of rotatable bonds is 3. The van der Waals surface area contributed by atoms with Gasteiger partial charge in [0.1, 0.15) is 11.6 Å². The summed E-state index contributed by atoms with van der Waals surface area (Å²) in [6.07, 6.45) is 1.64. The van der Waals surface area contributed by atoms with Gasteiger partial charge in [-0.3, -0.25) is 9.36 Å². The molecule has 0 aliphatic carbocycles. The van der Waals surface area contributed by atoms with Crippen LogP contribution >= 0.6 is 23.2 Å². The summed E-state index contributed by atoms with van der Waals surface area (Å²) in [5, 5.41) is 0.852. The topological polar surface area (TPSA) is 52.7 Å². The van der Waals surface area contributed by atoms with Crippen LogP contribution in [0.5, 0.6) is 0 Å². The molecule has 0 amide bonds. The molecule has 0 aliphatic rings. The average Bonchev–Trinajstić information content (AvgIpc) is 3.00. The van der Waals surface area contributed by atoms with E-state index in [4.69, 9.17) is 23.2 Å². The first kappa shape index (κ1) is 17.7. The summed E-state index contributed by atoms with van der Waals surface area (Å²) in [5.41, 5.74) is 1.32. The highest BCUT2D eigenvalue weighted by Crippen LogP contribution is 2.20. The van der Waals surface area contributed by atoms with Gasteiger partial charge in [-0.1, -0.05) is 29.3 Å². The van der Waals surface area contributed by atoms with Crippen LogP contribution in [-0.2, 0) is 13.5 Å². The van der Waals surface area contributed by atoms with Crippen LogP contribution in [0.1, 0.15) is 11.4 Å². The van der Waals surface area contributed by atoms with E-state index in [1.807, 2.05) is 0 Å². The Labute approximate surface area is 163 Å². The van der Waals surface area contributed by atoms with E-state index in [0.29, 0.717) is 32.8 Å². The third-order valence-electron chi connectivity index (χ3n) is 4.25. The minimum Gasteiger partial charge on any atom is -0.318 e. The summed E-state index contributed by atoms with van der Waals surface area (Å²) in [4.78, 5) is 21.8. The monoisotopic (exact) mass is 402 g/mol. The van der Waals surface area contributed by atoms with Crippen LogP contribution in [0.3, 0.4) is 0 Å². The molecule has 4 rings (SSSR count). The fourth-order valence-electron chi connectivity index (χ4n) is 2.91. The van der Waals surface area contributed by atoms with Crippen LogP contribution in [0.2, 0.25) is 10.0 Å². The van der Waals surface area contributed by atoms with Crippen molar-refractivity contribution in [2.75, 3.05) is 0 Å². The summed E-state index contributed by atoms with van der Waals surface area (Å²) in [6, 6.07) is 11.2. The average molecular weight is 403 g/mol. The number of aromatic nitrogens is 4. The largest absolute Gasteiger partial charge is 0.318 e. The minimum atomic E-state index is -0.454. The molecular weight excluding hydrogens is 390 g/mol. The molecule has 0 N–H and O–H groups in total. The quantitative estimate of drug-likeness (QED) is 0.516. The molecule has 4 aromatic rings. The predicted molar refractivity (Wildman–Crippen MR) is 103 cm³/mol. The number of halogens is 3. The number of fused-ring (bicyclic) bond motifs is 1. The molecule has 5 nitrogen and oxygen atoms in total. The van der Waals surface area contributed by atoms with E-state index in [9.17, 15) is 9.18 Å². The smallest absolute Gasteiger partial charge is 0.286 e. The molecule has 0 saturated carbocycles. The predicted octanol–water partition coefficient (Wildman–Crippen LogP) is 4.16. The molecular formula is C19H13Cl2FN4O. The van der Waals surface area contributed by atoms with Gasteiger partial charge in [0, 0.05) is 23.5 Å². The molecule has 0 bridgehead atoms. The maximum Gasteiger partial charge on any atom is 0.286 e. The third kappa shape index (κ3) is 3.22. The second-order valence-corrected chi connectivity index (χ2v) is 6.96. The Morgan fingerprint density at radius 1 is 1.07 bits per heavy atom. The highest BCUT2D eigenvalue weighted by Gasteiger charge is 2.17. The van der Waals surface area contributed by atoms with Gasteiger partial charge in [-0.05, 0) is 42.0 Å². The first-order valence-corrected chi connectivity index (χ1v) is 8.82. The van der Waals surface area contributed by atoms with Crippen molar-refractivity contribution in [1.82, 2.24) is 19.1 Å². The molecule has 0 saturated heterocycles. The van der Waals surface area contributed by atoms with E-state index < -0.39 is 5.82 Å². The SMILES string of the molecule is Cn1cnc2c(=O)n(-c3ccc(Cl)cc3)c(Cc3ccc(Cl)cc3F)nc21. The number of aryl methyl sites for hydroxylation is 1. The lowest BCUT2D eigenvalue weighted by Gasteiger charge is -2.13. The number of imidazole rings is 1. The maximum atomic E-state index is 14.3. The molecule has 8 heteroatoms. The molecule has 0 fully saturated rings. The second kappa shape index (κ2) is 6.79. The number of hydrogen-bond donors (Lipinski definition) is 0. The van der Waals surface area contributed by atoms with E-state index in [2.05, 4.69) is 9.97 Å². The van der Waals surface area contributed by atoms with Gasteiger partial charge in [-0.15, -0.1) is 0 Å². The highest BCUT2D eigenvalue weighted by atomic mass is 35.5. The first-order chi connectivity index (χ1) is 12.9. The lowest BCUT2D eigenvalue weighted by Crippen LogP contribution is -2.24. The van der Waals surface area contributed by atoms with Crippen molar-refractivity contribution in [3.05, 3.63) is 86.4 Å². The molecule has 27 heavy (non-hydrogen) atoms. The van der Waals surface area contributed by atoms with Crippen molar-refractivity contribution >= 4 is 34.4 Å². The minimum absolute atomic E-state index is 0.113. The fraction of sp³-hybridized carbons (Fsp3) is 0.105. The molecule has 0 atom stereocenters. The van der Waals surface area contributed by atoms with E-state index in [1.165, 1.54) is 17.0 Å². The molecule has 2 aromatic carbocycles. The molecule has 2 aromatic heterocycles. The van der Waals surface area contributed by atoms with Gasteiger partial charge in [-0.25, -0.2) is 14.4 Å². The summed E-state index contributed by atoms with van der Waals surface area (Å²) in [5.74, 6) is -0.0656. The summed E-state index contributed by atoms with van der Waals surface area (Å²) < 4.78 is 17.4. The molecule has 0 unspecified atom stereocenters. The normalized spacial score (nSPS) is 11.3. The molecule has 0 aliphatic heterocycles. The van der Waals surface area contributed by atoms with Crippen molar-refractivity contribution in [3.8, 4) is 5.69 Å². The van der Waals surface area contributed by atoms with E-state index >= 15 is 0 Å². The Balaban J connectivity index is 1.96. The zero-order valence-corrected chi connectivity index (χ0v) is 15.7. The van der Waals surface area contributed by atoms with Crippen molar-refractivity contribution in [3.63, 3.8) is 0 Å². The summed E-state index contributed by atoms with van der Waals surface area (Å²) in [7, 11) is 1.75. The van der Waals surface area contributed by atoms with Gasteiger partial charge in [0.05, 0.1) is 12.0 Å². The Hall–Kier alpha value is -2.70. The Kier molecular flexibility index (Phi) is 4.45. The van der Waals surface area contributed by atoms with E-state index in [-0.39, 0.29) is 17.5 Å². The first-order valence-electron chi connectivity index (χ1n) is 8.07. The van der Waals surface area contributed by atoms with Gasteiger partial charge in [-0.2, -0.15) is 0 Å². The van der Waals surface area contributed by atoms with Crippen LogP contribution in [0, 0.1) is 5.82 Å². The van der Waals surface area contributed by atoms with Crippen LogP contribution in [0.25, 0.3) is 16.9 Å². The molecule has 136 valence electrons. The molecule has 2 heterocycles. The van der Waals surface area contributed by atoms with Crippen molar-refractivity contribution in [2.24, 2.45) is 7.05 Å². The van der Waals surface area contributed by atoms with Gasteiger partial charge in [0.2, 0.25) is 0 Å². The zero-order valence-electron chi connectivity index (χ0n) is 14.2. The van der Waals surface area contributed by atoms with Gasteiger partial charge >= 0.3 is 0 Å². The van der Waals surface area contributed by atoms with E-state index in [0.717, 1.165) is 0 Å². The molecule has 0 spiro atoms. The fourth-order valence-corrected chi connectivity index (χ4v) is 3.20. The van der Waals surface area contributed by atoms with Crippen LogP contribution < -0.4 is 5.56 Å². The van der Waals surface area contributed by atoms with Gasteiger partial charge < -0.3 is 4.57 Å².